The van der Waals surface area contributed by atoms with Crippen LogP contribution >= 0.6 is 0 Å². The molecule has 0 unspecified atom stereocenters. The Balaban J connectivity index is 1.94. The van der Waals surface area contributed by atoms with E-state index >= 15 is 0 Å². The molecule has 6 nitrogen and oxygen atoms in total. The van der Waals surface area contributed by atoms with Crippen molar-refractivity contribution in [3.05, 3.63) is 40.7 Å². The second-order valence-corrected chi connectivity index (χ2v) is 7.64. The van der Waals surface area contributed by atoms with E-state index in [1.807, 2.05) is 26.0 Å². The number of amides is 1. The summed E-state index contributed by atoms with van der Waals surface area (Å²) in [6, 6.07) is 6.06. The lowest BCUT2D eigenvalue weighted by molar-refractivity contribution is 0.0369. The van der Waals surface area contributed by atoms with Crippen LogP contribution in [-0.4, -0.2) is 55.3 Å². The molecule has 0 bridgehead atoms. The van der Waals surface area contributed by atoms with Crippen LogP contribution in [0.4, 0.5) is 0 Å². The number of benzene rings is 1. The number of carbonyl (C=O) groups is 1. The Morgan fingerprint density at radius 2 is 1.93 bits per heavy atom. The molecule has 0 atom stereocenters. The second kappa shape index (κ2) is 9.46. The van der Waals surface area contributed by atoms with Gasteiger partial charge in [0.1, 0.15) is 5.75 Å². The summed E-state index contributed by atoms with van der Waals surface area (Å²) in [6.45, 7) is 11.7. The smallest absolute Gasteiger partial charge is 0.251 e. The van der Waals surface area contributed by atoms with E-state index in [2.05, 4.69) is 22.5 Å². The number of carbonyl (C=O) groups excluding carboxylic acids is 1. The Hall–Kier alpha value is -2.31. The topological polar surface area (TPSA) is 69.7 Å². The van der Waals surface area contributed by atoms with Crippen LogP contribution in [0.25, 0.3) is 11.1 Å². The quantitative estimate of drug-likeness (QED) is 0.740. The van der Waals surface area contributed by atoms with Gasteiger partial charge >= 0.3 is 0 Å². The molecule has 1 aromatic carbocycles. The fraction of sp³-hybridized carbons (Fsp3) is 0.522. The fourth-order valence-corrected chi connectivity index (χ4v) is 4.39. The van der Waals surface area contributed by atoms with E-state index in [0.717, 1.165) is 80.4 Å². The van der Waals surface area contributed by atoms with Crippen LogP contribution in [0.2, 0.25) is 0 Å². The molecule has 1 aromatic heterocycles. The maximum Gasteiger partial charge on any atom is 0.251 e. The predicted octanol–water partition coefficient (Wildman–Crippen LogP) is 3.16. The molecule has 2 aromatic rings. The zero-order valence-corrected chi connectivity index (χ0v) is 18.1. The van der Waals surface area contributed by atoms with Gasteiger partial charge in [0.2, 0.25) is 0 Å². The minimum Gasteiger partial charge on any atom is -0.496 e. The predicted molar refractivity (Wildman–Crippen MR) is 116 cm³/mol. The third-order valence-corrected chi connectivity index (χ3v) is 5.86. The molecule has 29 heavy (non-hydrogen) atoms. The molecule has 6 heteroatoms. The number of rotatable bonds is 8. The standard InChI is InChI=1S/C23H33N3O3/c1-5-19-22(18-7-8-20(28-4)16(2)15-18)21(23(24)27)17(3)26(19)10-6-9-25-11-13-29-14-12-25/h7-8,15H,5-6,9-14H2,1-4H3,(H2,24,27). The average molecular weight is 400 g/mol. The molecule has 0 aliphatic carbocycles. The number of methoxy groups -OCH3 is 1. The molecule has 1 aliphatic rings. The van der Waals surface area contributed by atoms with Crippen LogP contribution in [-0.2, 0) is 17.7 Å². The number of hydrogen-bond donors (Lipinski definition) is 1. The lowest BCUT2D eigenvalue weighted by Gasteiger charge is -2.26. The van der Waals surface area contributed by atoms with Crippen molar-refractivity contribution in [2.75, 3.05) is 40.0 Å². The van der Waals surface area contributed by atoms with Crippen LogP contribution in [0, 0.1) is 13.8 Å². The highest BCUT2D eigenvalue weighted by molar-refractivity contribution is 6.02. The van der Waals surface area contributed by atoms with Gasteiger partial charge in [-0.1, -0.05) is 13.0 Å². The Bertz CT molecular complexity index is 867. The molecule has 3 rings (SSSR count). The Labute approximate surface area is 173 Å². The second-order valence-electron chi connectivity index (χ2n) is 7.64. The summed E-state index contributed by atoms with van der Waals surface area (Å²) < 4.78 is 13.1. The van der Waals surface area contributed by atoms with Gasteiger partial charge in [-0.15, -0.1) is 0 Å². The minimum atomic E-state index is -0.368. The van der Waals surface area contributed by atoms with Gasteiger partial charge in [-0.3, -0.25) is 9.69 Å². The van der Waals surface area contributed by atoms with E-state index in [1.54, 1.807) is 7.11 Å². The maximum absolute atomic E-state index is 12.4. The van der Waals surface area contributed by atoms with E-state index < -0.39 is 0 Å². The lowest BCUT2D eigenvalue weighted by atomic mass is 9.97. The summed E-state index contributed by atoms with van der Waals surface area (Å²) in [7, 11) is 1.67. The summed E-state index contributed by atoms with van der Waals surface area (Å²) in [5.74, 6) is 0.474. The lowest BCUT2D eigenvalue weighted by Crippen LogP contribution is -2.37. The Kier molecular flexibility index (Phi) is 6.98. The van der Waals surface area contributed by atoms with Crippen LogP contribution in [0.15, 0.2) is 18.2 Å². The number of nitrogens with two attached hydrogens (primary N) is 1. The summed E-state index contributed by atoms with van der Waals surface area (Å²) >= 11 is 0. The fourth-order valence-electron chi connectivity index (χ4n) is 4.39. The number of primary amides is 1. The molecule has 1 saturated heterocycles. The van der Waals surface area contributed by atoms with Crippen molar-refractivity contribution in [1.82, 2.24) is 9.47 Å². The van der Waals surface area contributed by atoms with Gasteiger partial charge in [0, 0.05) is 43.1 Å². The third-order valence-electron chi connectivity index (χ3n) is 5.86. The third kappa shape index (κ3) is 4.49. The van der Waals surface area contributed by atoms with E-state index in [0.29, 0.717) is 5.56 Å². The zero-order valence-electron chi connectivity index (χ0n) is 18.1. The van der Waals surface area contributed by atoms with E-state index in [4.69, 9.17) is 15.2 Å². The number of hydrogen-bond acceptors (Lipinski definition) is 4. The van der Waals surface area contributed by atoms with Crippen molar-refractivity contribution in [2.45, 2.75) is 40.2 Å². The van der Waals surface area contributed by atoms with Crippen molar-refractivity contribution in [2.24, 2.45) is 5.73 Å². The van der Waals surface area contributed by atoms with Gasteiger partial charge in [-0.25, -0.2) is 0 Å². The summed E-state index contributed by atoms with van der Waals surface area (Å²) in [5, 5.41) is 0. The summed E-state index contributed by atoms with van der Waals surface area (Å²) in [5.41, 5.74) is 11.6. The van der Waals surface area contributed by atoms with Crippen molar-refractivity contribution in [1.29, 1.82) is 0 Å². The first-order chi connectivity index (χ1) is 14.0. The normalized spacial score (nSPS) is 14.9. The van der Waals surface area contributed by atoms with Gasteiger partial charge in [-0.05, 0) is 49.9 Å². The van der Waals surface area contributed by atoms with Crippen molar-refractivity contribution in [3.63, 3.8) is 0 Å². The highest BCUT2D eigenvalue weighted by Gasteiger charge is 2.24. The first-order valence-corrected chi connectivity index (χ1v) is 10.4. The molecule has 158 valence electrons. The number of aromatic nitrogens is 1. The SMILES string of the molecule is CCc1c(-c2ccc(OC)c(C)c2)c(C(N)=O)c(C)n1CCCN1CCOCC1. The van der Waals surface area contributed by atoms with Gasteiger partial charge in [0.15, 0.2) is 0 Å². The molecule has 2 N–H and O–H groups in total. The van der Waals surface area contributed by atoms with Gasteiger partial charge in [0.05, 0.1) is 25.9 Å². The first-order valence-electron chi connectivity index (χ1n) is 10.4. The first kappa shape index (κ1) is 21.4. The molecule has 2 heterocycles. The molecule has 0 radical (unpaired) electrons. The molecule has 1 amide bonds. The molecule has 1 fully saturated rings. The van der Waals surface area contributed by atoms with Gasteiger partial charge in [-0.2, -0.15) is 0 Å². The zero-order chi connectivity index (χ0) is 21.0. The molecule has 1 aliphatic heterocycles. The highest BCUT2D eigenvalue weighted by atomic mass is 16.5. The van der Waals surface area contributed by atoms with Crippen LogP contribution in [0.5, 0.6) is 5.75 Å². The van der Waals surface area contributed by atoms with Gasteiger partial charge in [0.25, 0.3) is 5.91 Å². The largest absolute Gasteiger partial charge is 0.496 e. The van der Waals surface area contributed by atoms with Crippen molar-refractivity contribution >= 4 is 5.91 Å². The van der Waals surface area contributed by atoms with Crippen LogP contribution < -0.4 is 10.5 Å². The number of aryl methyl sites for hydroxylation is 1. The highest BCUT2D eigenvalue weighted by Crippen LogP contribution is 2.35. The number of ether oxygens (including phenoxy) is 2. The summed E-state index contributed by atoms with van der Waals surface area (Å²) in [4.78, 5) is 14.8. The van der Waals surface area contributed by atoms with E-state index in [1.165, 1.54) is 5.69 Å². The Morgan fingerprint density at radius 1 is 1.21 bits per heavy atom. The van der Waals surface area contributed by atoms with Crippen LogP contribution in [0.3, 0.4) is 0 Å². The molecule has 0 spiro atoms. The number of morpholine rings is 1. The molecular formula is C23H33N3O3. The maximum atomic E-state index is 12.4. The molecule has 0 saturated carbocycles. The molecular weight excluding hydrogens is 366 g/mol. The van der Waals surface area contributed by atoms with E-state index in [-0.39, 0.29) is 5.91 Å². The van der Waals surface area contributed by atoms with Crippen LogP contribution in [0.1, 0.15) is 40.7 Å². The monoisotopic (exact) mass is 399 g/mol. The minimum absolute atomic E-state index is 0.368. The van der Waals surface area contributed by atoms with Crippen molar-refractivity contribution < 1.29 is 14.3 Å². The van der Waals surface area contributed by atoms with Crippen molar-refractivity contribution in [3.8, 4) is 16.9 Å². The Morgan fingerprint density at radius 3 is 2.52 bits per heavy atom. The summed E-state index contributed by atoms with van der Waals surface area (Å²) in [6.07, 6.45) is 1.87. The number of nitrogens with zero attached hydrogens (tertiary/aromatic N) is 2. The average Bonchev–Trinajstić information content (AvgIpc) is 3.00. The van der Waals surface area contributed by atoms with Gasteiger partial charge < -0.3 is 19.8 Å². The van der Waals surface area contributed by atoms with E-state index in [9.17, 15) is 4.79 Å².